The predicted octanol–water partition coefficient (Wildman–Crippen LogP) is 17.2. The molecule has 0 amide bonds. The van der Waals surface area contributed by atoms with Crippen molar-refractivity contribution in [3.8, 4) is 33.6 Å². The van der Waals surface area contributed by atoms with Crippen molar-refractivity contribution in [2.75, 3.05) is 0 Å². The molecule has 12 aromatic carbocycles. The van der Waals surface area contributed by atoms with Crippen LogP contribution in [0.4, 0.5) is 0 Å². The molecule has 3 aromatic heterocycles. The Kier molecular flexibility index (Phi) is 7.83. The molecule has 3 heterocycles. The summed E-state index contributed by atoms with van der Waals surface area (Å²) in [4.78, 5) is 0. The Bertz CT molecular complexity index is 4360. The zero-order valence-corrected chi connectivity index (χ0v) is 38.0. The molecule has 0 N–H and O–H groups in total. The second-order valence-electron chi connectivity index (χ2n) is 17.8. The van der Waals surface area contributed by atoms with Crippen molar-refractivity contribution in [2.45, 2.75) is 0 Å². The molecule has 0 saturated heterocycles. The Balaban J connectivity index is 1.02. The fraction of sp³-hybridized carbons (Fsp3) is 0. The third-order valence-electron chi connectivity index (χ3n) is 14.5. The average Bonchev–Trinajstić information content (AvgIpc) is 4.05. The molecule has 0 saturated carbocycles. The summed E-state index contributed by atoms with van der Waals surface area (Å²) in [6, 6.07) is 86.1. The van der Waals surface area contributed by atoms with Gasteiger partial charge in [0.05, 0.1) is 0 Å². The van der Waals surface area contributed by atoms with Gasteiger partial charge >= 0.3 is 394 Å². The Morgan fingerprint density at radius 3 is 0.940 bits per heavy atom. The van der Waals surface area contributed by atoms with Crippen molar-refractivity contribution in [2.24, 2.45) is 0 Å². The van der Waals surface area contributed by atoms with Crippen LogP contribution >= 0.6 is 0 Å². The molecule has 0 aliphatic rings. The van der Waals surface area contributed by atoms with E-state index in [1.54, 1.807) is 0 Å². The van der Waals surface area contributed by atoms with Gasteiger partial charge in [0.2, 0.25) is 0 Å². The molecule has 0 atom stereocenters. The SMILES string of the molecule is c1cc(-c2c3ccccc3c(-n3c4ccccc4c4ccccc43)c3ccccc23)c2c(c1)[se]c1c(-c3c4ccccc4c(-n4c5ccccc5c5ccccc54)c4ccccc34)cccc12. The van der Waals surface area contributed by atoms with Crippen molar-refractivity contribution in [1.82, 2.24) is 9.13 Å². The molecule has 0 aliphatic carbocycles. The zero-order chi connectivity index (χ0) is 43.7. The molecule has 2 nitrogen and oxygen atoms in total. The molecule has 15 rings (SSSR count). The van der Waals surface area contributed by atoms with E-state index in [1.165, 1.54) is 140 Å². The van der Waals surface area contributed by atoms with Crippen LogP contribution in [0.1, 0.15) is 0 Å². The van der Waals surface area contributed by atoms with E-state index >= 15 is 0 Å². The Hall–Kier alpha value is -8.20. The van der Waals surface area contributed by atoms with Gasteiger partial charge in [-0.25, -0.2) is 0 Å². The van der Waals surface area contributed by atoms with Crippen molar-refractivity contribution in [1.29, 1.82) is 0 Å². The number of hydrogen-bond acceptors (Lipinski definition) is 0. The third kappa shape index (κ3) is 5.10. The molecule has 67 heavy (non-hydrogen) atoms. The van der Waals surface area contributed by atoms with Crippen LogP contribution < -0.4 is 0 Å². The van der Waals surface area contributed by atoms with Crippen LogP contribution in [0, 0.1) is 0 Å². The van der Waals surface area contributed by atoms with Gasteiger partial charge in [0, 0.05) is 0 Å². The van der Waals surface area contributed by atoms with Gasteiger partial charge in [-0.05, 0) is 0 Å². The first kappa shape index (κ1) is 37.1. The summed E-state index contributed by atoms with van der Waals surface area (Å²) in [6.45, 7) is 0. The summed E-state index contributed by atoms with van der Waals surface area (Å²) in [5.41, 5.74) is 12.6. The van der Waals surface area contributed by atoms with Gasteiger partial charge in [-0.3, -0.25) is 0 Å². The summed E-state index contributed by atoms with van der Waals surface area (Å²) < 4.78 is 7.91. The maximum atomic E-state index is 2.52. The molecule has 0 fully saturated rings. The minimum absolute atomic E-state index is 0.0689. The van der Waals surface area contributed by atoms with Gasteiger partial charge in [0.1, 0.15) is 0 Å². The number of fused-ring (bicyclic) bond motifs is 13. The number of para-hydroxylation sites is 4. The van der Waals surface area contributed by atoms with E-state index in [4.69, 9.17) is 0 Å². The molecular formula is C64H38N2Se. The fourth-order valence-electron chi connectivity index (χ4n) is 11.9. The molecular weight excluding hydrogens is 876 g/mol. The van der Waals surface area contributed by atoms with Gasteiger partial charge in [0.25, 0.3) is 0 Å². The van der Waals surface area contributed by atoms with Crippen molar-refractivity contribution >= 4 is 120 Å². The van der Waals surface area contributed by atoms with Crippen LogP contribution in [0.25, 0.3) is 140 Å². The van der Waals surface area contributed by atoms with Crippen LogP contribution in [0.15, 0.2) is 231 Å². The predicted molar refractivity (Wildman–Crippen MR) is 288 cm³/mol. The van der Waals surface area contributed by atoms with E-state index in [9.17, 15) is 0 Å². The molecule has 0 aliphatic heterocycles. The Morgan fingerprint density at radius 2 is 0.537 bits per heavy atom. The fourth-order valence-corrected chi connectivity index (χ4v) is 14.5. The van der Waals surface area contributed by atoms with Crippen molar-refractivity contribution in [3.63, 3.8) is 0 Å². The van der Waals surface area contributed by atoms with Gasteiger partial charge in [-0.2, -0.15) is 0 Å². The molecule has 15 aromatic rings. The van der Waals surface area contributed by atoms with Crippen molar-refractivity contribution < 1.29 is 0 Å². The number of benzene rings is 12. The van der Waals surface area contributed by atoms with Crippen LogP contribution in [-0.2, 0) is 0 Å². The average molecular weight is 914 g/mol. The quantitative estimate of drug-likeness (QED) is 0.123. The Labute approximate surface area is 391 Å². The van der Waals surface area contributed by atoms with Crippen LogP contribution in [0.2, 0.25) is 0 Å². The van der Waals surface area contributed by atoms with E-state index in [2.05, 4.69) is 240 Å². The zero-order valence-electron chi connectivity index (χ0n) is 36.2. The van der Waals surface area contributed by atoms with Gasteiger partial charge in [-0.1, -0.05) is 0 Å². The number of rotatable bonds is 4. The van der Waals surface area contributed by atoms with Gasteiger partial charge in [0.15, 0.2) is 0 Å². The summed E-state index contributed by atoms with van der Waals surface area (Å²) in [7, 11) is 0. The molecule has 310 valence electrons. The Morgan fingerprint density at radius 1 is 0.239 bits per heavy atom. The van der Waals surface area contributed by atoms with E-state index in [0.717, 1.165) is 0 Å². The van der Waals surface area contributed by atoms with E-state index in [0.29, 0.717) is 0 Å². The van der Waals surface area contributed by atoms with Gasteiger partial charge < -0.3 is 0 Å². The standard InChI is InChI=1S/C64H38N2Se/c1-5-27-47-43(23-1)59(44-24-2-6-28-48(44)62(47)65-54-34-13-9-19-39(54)40-20-10-14-35-55(40)65)51-31-18-38-58-61(51)53-33-17-32-52(64(53)67-58)60-45-25-3-7-29-49(45)63(50-30-8-4-26-46(50)60)66-56-36-15-11-21-41(56)42-22-12-16-37-57(42)66/h1-38H. The first-order valence-electron chi connectivity index (χ1n) is 23.1. The van der Waals surface area contributed by atoms with E-state index in [-0.39, 0.29) is 14.5 Å². The first-order valence-corrected chi connectivity index (χ1v) is 24.8. The van der Waals surface area contributed by atoms with E-state index < -0.39 is 0 Å². The second-order valence-corrected chi connectivity index (χ2v) is 20.0. The topological polar surface area (TPSA) is 9.86 Å². The normalized spacial score (nSPS) is 12.2. The molecule has 0 unspecified atom stereocenters. The number of hydrogen-bond donors (Lipinski definition) is 0. The molecule has 3 heteroatoms. The molecule has 0 spiro atoms. The third-order valence-corrected chi connectivity index (χ3v) is 17.0. The van der Waals surface area contributed by atoms with Crippen molar-refractivity contribution in [3.05, 3.63) is 231 Å². The molecule has 0 bridgehead atoms. The van der Waals surface area contributed by atoms with E-state index in [1.807, 2.05) is 0 Å². The van der Waals surface area contributed by atoms with Crippen LogP contribution in [0.3, 0.4) is 0 Å². The summed E-state index contributed by atoms with van der Waals surface area (Å²) in [5.74, 6) is 0. The van der Waals surface area contributed by atoms with Crippen LogP contribution in [-0.4, -0.2) is 23.6 Å². The summed E-state index contributed by atoms with van der Waals surface area (Å²) >= 11 is 0.0689. The second kappa shape index (κ2) is 14.1. The molecule has 0 radical (unpaired) electrons. The summed E-state index contributed by atoms with van der Waals surface area (Å²) in [5, 5.41) is 17.9. The van der Waals surface area contributed by atoms with Gasteiger partial charge in [-0.15, -0.1) is 0 Å². The number of aromatic nitrogens is 2. The summed E-state index contributed by atoms with van der Waals surface area (Å²) in [6.07, 6.45) is 0. The number of nitrogens with zero attached hydrogens (tertiary/aromatic N) is 2. The first-order chi connectivity index (χ1) is 33.3. The monoisotopic (exact) mass is 914 g/mol. The maximum absolute atomic E-state index is 2.52. The van der Waals surface area contributed by atoms with Crippen LogP contribution in [0.5, 0.6) is 0 Å². The minimum atomic E-state index is 0.0689.